The molecule has 0 radical (unpaired) electrons. The first-order valence-electron chi connectivity index (χ1n) is 10.2. The molecule has 0 aromatic rings. The SMILES string of the molecule is CCC(C)C(N)C(=O)NC(CC(=O)O)C(=O)NC(C(=O)N1CCCC1C(=O)O)C(C)O. The van der Waals surface area contributed by atoms with E-state index in [0.29, 0.717) is 12.8 Å². The summed E-state index contributed by atoms with van der Waals surface area (Å²) in [4.78, 5) is 61.4. The van der Waals surface area contributed by atoms with Crippen molar-refractivity contribution in [2.75, 3.05) is 6.54 Å². The standard InChI is InChI=1S/C19H32N4O8/c1-4-9(2)14(20)17(28)21-11(8-13(25)26)16(27)22-15(10(3)24)18(29)23-7-5-6-12(23)19(30)31/h9-12,14-15,24H,4-8,20H2,1-3H3,(H,21,28)(H,22,27)(H,25,26)(H,30,31). The summed E-state index contributed by atoms with van der Waals surface area (Å²) in [6, 6.07) is -5.09. The van der Waals surface area contributed by atoms with Gasteiger partial charge in [-0.05, 0) is 25.7 Å². The Morgan fingerprint density at radius 1 is 1.10 bits per heavy atom. The molecule has 0 spiro atoms. The average Bonchev–Trinajstić information content (AvgIpc) is 3.19. The minimum atomic E-state index is -1.54. The minimum Gasteiger partial charge on any atom is -0.481 e. The van der Waals surface area contributed by atoms with E-state index in [9.17, 15) is 34.2 Å². The molecule has 0 aliphatic carbocycles. The fourth-order valence-corrected chi connectivity index (χ4v) is 3.27. The Labute approximate surface area is 180 Å². The van der Waals surface area contributed by atoms with Crippen molar-refractivity contribution < 1.29 is 39.3 Å². The Kier molecular flexibility index (Phi) is 9.85. The third-order valence-electron chi connectivity index (χ3n) is 5.44. The molecular formula is C19H32N4O8. The normalized spacial score (nSPS) is 20.8. The van der Waals surface area contributed by atoms with Gasteiger partial charge in [-0.15, -0.1) is 0 Å². The van der Waals surface area contributed by atoms with E-state index in [0.717, 1.165) is 4.90 Å². The molecule has 1 aliphatic rings. The van der Waals surface area contributed by atoms with Crippen molar-refractivity contribution in [3.8, 4) is 0 Å². The van der Waals surface area contributed by atoms with Crippen LogP contribution in [0.15, 0.2) is 0 Å². The van der Waals surface area contributed by atoms with Gasteiger partial charge in [0, 0.05) is 6.54 Å². The van der Waals surface area contributed by atoms with Crippen molar-refractivity contribution in [1.29, 1.82) is 0 Å². The summed E-state index contributed by atoms with van der Waals surface area (Å²) in [6.45, 7) is 4.93. The molecule has 31 heavy (non-hydrogen) atoms. The quantitative estimate of drug-likeness (QED) is 0.214. The summed E-state index contributed by atoms with van der Waals surface area (Å²) in [6.07, 6.45) is -0.882. The summed E-state index contributed by atoms with van der Waals surface area (Å²) < 4.78 is 0. The van der Waals surface area contributed by atoms with Crippen LogP contribution >= 0.6 is 0 Å². The van der Waals surface area contributed by atoms with Crippen LogP contribution in [0.2, 0.25) is 0 Å². The lowest BCUT2D eigenvalue weighted by molar-refractivity contribution is -0.151. The van der Waals surface area contributed by atoms with E-state index >= 15 is 0 Å². The first-order chi connectivity index (χ1) is 14.4. The molecule has 1 fully saturated rings. The molecule has 1 rings (SSSR count). The number of rotatable bonds is 11. The van der Waals surface area contributed by atoms with E-state index in [1.807, 2.05) is 6.92 Å². The Morgan fingerprint density at radius 3 is 2.19 bits per heavy atom. The number of amides is 3. The lowest BCUT2D eigenvalue weighted by Crippen LogP contribution is -2.60. The summed E-state index contributed by atoms with van der Waals surface area (Å²) >= 11 is 0. The Balaban J connectivity index is 2.99. The van der Waals surface area contributed by atoms with Gasteiger partial charge < -0.3 is 36.6 Å². The fourth-order valence-electron chi connectivity index (χ4n) is 3.27. The second-order valence-electron chi connectivity index (χ2n) is 7.83. The number of nitrogens with two attached hydrogens (primary N) is 1. The molecule has 0 bridgehead atoms. The zero-order valence-electron chi connectivity index (χ0n) is 17.9. The molecule has 0 saturated carbocycles. The highest BCUT2D eigenvalue weighted by molar-refractivity contribution is 5.96. The number of hydrogen-bond acceptors (Lipinski definition) is 7. The molecule has 176 valence electrons. The highest BCUT2D eigenvalue weighted by Gasteiger charge is 2.40. The van der Waals surface area contributed by atoms with Gasteiger partial charge in [0.25, 0.3) is 0 Å². The van der Waals surface area contributed by atoms with Crippen LogP contribution in [0, 0.1) is 5.92 Å². The van der Waals surface area contributed by atoms with E-state index in [1.165, 1.54) is 6.92 Å². The Bertz CT molecular complexity index is 698. The van der Waals surface area contributed by atoms with Crippen molar-refractivity contribution in [2.45, 2.75) is 76.7 Å². The van der Waals surface area contributed by atoms with Crippen molar-refractivity contribution in [3.63, 3.8) is 0 Å². The number of carboxylic acids is 2. The van der Waals surface area contributed by atoms with E-state index in [2.05, 4.69) is 10.6 Å². The van der Waals surface area contributed by atoms with Crippen LogP contribution in [0.1, 0.15) is 46.5 Å². The molecule has 12 heteroatoms. The minimum absolute atomic E-state index is 0.147. The predicted octanol–water partition coefficient (Wildman–Crippen LogP) is -1.74. The second-order valence-corrected chi connectivity index (χ2v) is 7.83. The number of likely N-dealkylation sites (tertiary alicyclic amines) is 1. The monoisotopic (exact) mass is 444 g/mol. The molecule has 1 saturated heterocycles. The van der Waals surface area contributed by atoms with Gasteiger partial charge in [-0.25, -0.2) is 4.79 Å². The Hall–Kier alpha value is -2.73. The van der Waals surface area contributed by atoms with E-state index < -0.39 is 66.4 Å². The van der Waals surface area contributed by atoms with Gasteiger partial charge in [0.05, 0.1) is 18.6 Å². The lowest BCUT2D eigenvalue weighted by atomic mass is 9.99. The zero-order valence-corrected chi connectivity index (χ0v) is 17.9. The molecule has 0 aromatic heterocycles. The van der Waals surface area contributed by atoms with Crippen molar-refractivity contribution in [2.24, 2.45) is 11.7 Å². The number of carboxylic acid groups (broad SMARTS) is 2. The second kappa shape index (κ2) is 11.6. The summed E-state index contributed by atoms with van der Waals surface area (Å²) in [5, 5.41) is 32.9. The highest BCUT2D eigenvalue weighted by Crippen LogP contribution is 2.19. The molecule has 6 atom stereocenters. The first-order valence-corrected chi connectivity index (χ1v) is 10.2. The lowest BCUT2D eigenvalue weighted by Gasteiger charge is -2.30. The number of aliphatic carboxylic acids is 2. The number of aliphatic hydroxyl groups excluding tert-OH is 1. The molecule has 1 aliphatic heterocycles. The fraction of sp³-hybridized carbons (Fsp3) is 0.737. The summed E-state index contributed by atoms with van der Waals surface area (Å²) in [7, 11) is 0. The maximum absolute atomic E-state index is 12.8. The van der Waals surface area contributed by atoms with Crippen molar-refractivity contribution in [3.05, 3.63) is 0 Å². The van der Waals surface area contributed by atoms with Gasteiger partial charge in [-0.2, -0.15) is 0 Å². The van der Waals surface area contributed by atoms with Gasteiger partial charge in [0.15, 0.2) is 0 Å². The molecular weight excluding hydrogens is 412 g/mol. The Morgan fingerprint density at radius 2 is 1.71 bits per heavy atom. The third-order valence-corrected chi connectivity index (χ3v) is 5.44. The number of nitrogens with one attached hydrogen (secondary N) is 2. The highest BCUT2D eigenvalue weighted by atomic mass is 16.4. The first kappa shape index (κ1) is 26.3. The number of carbonyl (C=O) groups excluding carboxylic acids is 3. The van der Waals surface area contributed by atoms with Gasteiger partial charge >= 0.3 is 11.9 Å². The molecule has 12 nitrogen and oxygen atoms in total. The van der Waals surface area contributed by atoms with Gasteiger partial charge in [0.1, 0.15) is 18.1 Å². The molecule has 1 heterocycles. The van der Waals surface area contributed by atoms with E-state index in [-0.39, 0.29) is 18.9 Å². The van der Waals surface area contributed by atoms with Crippen LogP contribution in [0.25, 0.3) is 0 Å². The average molecular weight is 444 g/mol. The predicted molar refractivity (Wildman–Crippen MR) is 108 cm³/mol. The van der Waals surface area contributed by atoms with E-state index in [1.54, 1.807) is 6.92 Å². The summed E-state index contributed by atoms with van der Waals surface area (Å²) in [5.41, 5.74) is 5.83. The van der Waals surface area contributed by atoms with Gasteiger partial charge in [-0.3, -0.25) is 19.2 Å². The largest absolute Gasteiger partial charge is 0.481 e. The molecule has 3 amide bonds. The van der Waals surface area contributed by atoms with Crippen LogP contribution in [0.3, 0.4) is 0 Å². The molecule has 0 aromatic carbocycles. The topological polar surface area (TPSA) is 199 Å². The van der Waals surface area contributed by atoms with Gasteiger partial charge in [0.2, 0.25) is 17.7 Å². The smallest absolute Gasteiger partial charge is 0.326 e. The van der Waals surface area contributed by atoms with Crippen molar-refractivity contribution in [1.82, 2.24) is 15.5 Å². The van der Waals surface area contributed by atoms with Crippen LogP contribution in [0.4, 0.5) is 0 Å². The maximum Gasteiger partial charge on any atom is 0.326 e. The summed E-state index contributed by atoms with van der Waals surface area (Å²) in [5.74, 6) is -5.31. The zero-order chi connectivity index (χ0) is 23.9. The molecule has 7 N–H and O–H groups in total. The van der Waals surface area contributed by atoms with Crippen LogP contribution in [-0.4, -0.2) is 86.7 Å². The third kappa shape index (κ3) is 7.17. The van der Waals surface area contributed by atoms with Gasteiger partial charge in [-0.1, -0.05) is 20.3 Å². The van der Waals surface area contributed by atoms with Crippen LogP contribution in [-0.2, 0) is 24.0 Å². The maximum atomic E-state index is 12.8. The molecule has 6 unspecified atom stereocenters. The van der Waals surface area contributed by atoms with E-state index in [4.69, 9.17) is 10.8 Å². The number of carbonyl (C=O) groups is 5. The number of aliphatic hydroxyl groups is 1. The number of nitrogens with zero attached hydrogens (tertiary/aromatic N) is 1. The van der Waals surface area contributed by atoms with Crippen LogP contribution < -0.4 is 16.4 Å². The van der Waals surface area contributed by atoms with Crippen LogP contribution in [0.5, 0.6) is 0 Å². The van der Waals surface area contributed by atoms with Crippen molar-refractivity contribution >= 4 is 29.7 Å². The number of hydrogen-bond donors (Lipinski definition) is 6.